The summed E-state index contributed by atoms with van der Waals surface area (Å²) in [4.78, 5) is 42.5. The fourth-order valence-corrected chi connectivity index (χ4v) is 7.45. The first kappa shape index (κ1) is 32.1. The smallest absolute Gasteiger partial charge is 0.317 e. The predicted molar refractivity (Wildman–Crippen MR) is 170 cm³/mol. The maximum Gasteiger partial charge on any atom is 0.317 e. The molecule has 1 amide bonds. The molecular weight excluding hydrogens is 610 g/mol. The highest BCUT2D eigenvalue weighted by atomic mass is 35.5. The lowest BCUT2D eigenvalue weighted by atomic mass is 10.0. The number of rotatable bonds is 8. The Morgan fingerprint density at radius 1 is 1.11 bits per heavy atom. The predicted octanol–water partition coefficient (Wildman–Crippen LogP) is 5.79. The van der Waals surface area contributed by atoms with E-state index in [0.29, 0.717) is 34.2 Å². The molecular formula is C32H37Cl2FN4O5. The van der Waals surface area contributed by atoms with Gasteiger partial charge in [-0.25, -0.2) is 4.39 Å². The summed E-state index contributed by atoms with van der Waals surface area (Å²) in [5.41, 5.74) is 1.47. The number of hydrogen-bond acceptors (Lipinski definition) is 6. The number of amides is 1. The number of fused-ring (bicyclic) bond motifs is 1. The van der Waals surface area contributed by atoms with E-state index >= 15 is 4.39 Å². The van der Waals surface area contributed by atoms with Gasteiger partial charge < -0.3 is 24.6 Å². The van der Waals surface area contributed by atoms with Crippen LogP contribution in [-0.2, 0) is 11.3 Å². The molecule has 1 aliphatic carbocycles. The van der Waals surface area contributed by atoms with Crippen LogP contribution in [0.3, 0.4) is 0 Å². The molecule has 0 spiro atoms. The van der Waals surface area contributed by atoms with Crippen molar-refractivity contribution < 1.29 is 23.8 Å². The van der Waals surface area contributed by atoms with Crippen molar-refractivity contribution in [3.8, 4) is 5.75 Å². The van der Waals surface area contributed by atoms with Crippen molar-refractivity contribution in [1.82, 2.24) is 14.8 Å². The number of carboxylic acid groups (broad SMARTS) is 1. The first-order valence-corrected chi connectivity index (χ1v) is 15.6. The molecule has 5 rings (SSSR count). The molecule has 0 bridgehead atoms. The third-order valence-electron chi connectivity index (χ3n) is 8.91. The molecule has 12 heteroatoms. The SMILES string of the molecule is COc1c(N2C[C@@H](C)N(CC(=O)O)[C@@H](C)C2)c(F)cc2c(=O)c(C(=O)NCc3c(C)cc(Cl)cc3Cl)cn(C3CCCC3)c12. The Balaban J connectivity index is 1.59. The molecule has 2 N–H and O–H groups in total. The Labute approximate surface area is 265 Å². The van der Waals surface area contributed by atoms with E-state index in [1.165, 1.54) is 13.2 Å². The number of halogens is 3. The van der Waals surface area contributed by atoms with Crippen molar-refractivity contribution in [2.75, 3.05) is 31.6 Å². The van der Waals surface area contributed by atoms with Crippen LogP contribution >= 0.6 is 23.2 Å². The molecule has 2 aromatic carbocycles. The maximum absolute atomic E-state index is 16.1. The zero-order valence-electron chi connectivity index (χ0n) is 25.3. The third-order valence-corrected chi connectivity index (χ3v) is 9.47. The maximum atomic E-state index is 16.1. The van der Waals surface area contributed by atoms with Gasteiger partial charge in [-0.15, -0.1) is 0 Å². The molecule has 236 valence electrons. The number of carbonyl (C=O) groups is 2. The number of ether oxygens (including phenoxy) is 1. The van der Waals surface area contributed by atoms with Gasteiger partial charge in [0, 0.05) is 54.0 Å². The molecule has 1 aromatic heterocycles. The van der Waals surface area contributed by atoms with Gasteiger partial charge in [-0.05, 0) is 62.9 Å². The standard InChI is InChI=1S/C32H37Cl2FN4O5/c1-17-9-20(33)10-25(34)23(17)12-36-32(43)24-15-39(21-7-5-6-8-21)28-22(30(24)42)11-26(35)29(31(28)44-4)37-13-18(2)38(16-27(40)41)19(3)14-37/h9-11,15,18-19,21H,5-8,12-14,16H2,1-4H3,(H,36,43)(H,40,41)/t18-,19+. The average molecular weight is 648 g/mol. The Morgan fingerprint density at radius 2 is 1.77 bits per heavy atom. The van der Waals surface area contributed by atoms with Gasteiger partial charge in [-0.2, -0.15) is 0 Å². The number of pyridine rings is 1. The number of aryl methyl sites for hydroxylation is 1. The Bertz CT molecular complexity index is 1640. The summed E-state index contributed by atoms with van der Waals surface area (Å²) in [5, 5.41) is 13.1. The van der Waals surface area contributed by atoms with Crippen LogP contribution in [-0.4, -0.2) is 65.3 Å². The van der Waals surface area contributed by atoms with Gasteiger partial charge in [0.15, 0.2) is 11.6 Å². The minimum absolute atomic E-state index is 0.00456. The van der Waals surface area contributed by atoms with Crippen LogP contribution in [0.2, 0.25) is 10.0 Å². The fraction of sp³-hybridized carbons (Fsp3) is 0.469. The van der Waals surface area contributed by atoms with Gasteiger partial charge >= 0.3 is 5.97 Å². The summed E-state index contributed by atoms with van der Waals surface area (Å²) in [6.07, 6.45) is 5.25. The number of nitrogens with one attached hydrogen (secondary N) is 1. The lowest BCUT2D eigenvalue weighted by Crippen LogP contribution is -2.58. The first-order chi connectivity index (χ1) is 20.9. The average Bonchev–Trinajstić information content (AvgIpc) is 3.49. The fourth-order valence-electron chi connectivity index (χ4n) is 6.79. The highest BCUT2D eigenvalue weighted by Gasteiger charge is 2.35. The molecule has 2 heterocycles. The topological polar surface area (TPSA) is 104 Å². The Morgan fingerprint density at radius 3 is 2.36 bits per heavy atom. The number of nitrogens with zero attached hydrogens (tertiary/aromatic N) is 3. The quantitative estimate of drug-likeness (QED) is 0.319. The lowest BCUT2D eigenvalue weighted by Gasteiger charge is -2.45. The van der Waals surface area contributed by atoms with Crippen LogP contribution < -0.4 is 20.4 Å². The van der Waals surface area contributed by atoms with Crippen molar-refractivity contribution in [2.24, 2.45) is 0 Å². The number of aliphatic carboxylic acids is 1. The first-order valence-electron chi connectivity index (χ1n) is 14.8. The van der Waals surface area contributed by atoms with Crippen molar-refractivity contribution in [3.05, 3.63) is 67.2 Å². The summed E-state index contributed by atoms with van der Waals surface area (Å²) >= 11 is 12.5. The van der Waals surface area contributed by atoms with E-state index in [1.807, 2.05) is 35.1 Å². The monoisotopic (exact) mass is 646 g/mol. The Hall–Kier alpha value is -3.34. The van der Waals surface area contributed by atoms with E-state index in [2.05, 4.69) is 5.32 Å². The van der Waals surface area contributed by atoms with Gasteiger partial charge in [0.05, 0.1) is 24.6 Å². The number of piperazine rings is 1. The van der Waals surface area contributed by atoms with Gasteiger partial charge in [-0.1, -0.05) is 36.0 Å². The molecule has 3 aromatic rings. The molecule has 0 unspecified atom stereocenters. The van der Waals surface area contributed by atoms with Crippen LogP contribution in [0.25, 0.3) is 10.9 Å². The van der Waals surface area contributed by atoms with E-state index in [0.717, 1.165) is 31.2 Å². The minimum Gasteiger partial charge on any atom is -0.492 e. The van der Waals surface area contributed by atoms with Crippen LogP contribution in [0.1, 0.15) is 67.1 Å². The molecule has 2 fully saturated rings. The zero-order chi connectivity index (χ0) is 31.9. The van der Waals surface area contributed by atoms with Crippen molar-refractivity contribution in [1.29, 1.82) is 0 Å². The number of benzene rings is 2. The van der Waals surface area contributed by atoms with Gasteiger partial charge in [0.1, 0.15) is 11.3 Å². The zero-order valence-corrected chi connectivity index (χ0v) is 26.8. The van der Waals surface area contributed by atoms with Crippen LogP contribution in [0.4, 0.5) is 10.1 Å². The summed E-state index contributed by atoms with van der Waals surface area (Å²) in [5.74, 6) is -1.92. The van der Waals surface area contributed by atoms with Crippen molar-refractivity contribution in [2.45, 2.75) is 71.1 Å². The molecule has 1 aliphatic heterocycles. The number of methoxy groups -OCH3 is 1. The largest absolute Gasteiger partial charge is 0.492 e. The van der Waals surface area contributed by atoms with Crippen molar-refractivity contribution in [3.63, 3.8) is 0 Å². The molecule has 1 saturated heterocycles. The van der Waals surface area contributed by atoms with Crippen LogP contribution in [0, 0.1) is 12.7 Å². The van der Waals surface area contributed by atoms with Gasteiger partial charge in [0.2, 0.25) is 5.43 Å². The third kappa shape index (κ3) is 6.12. The highest BCUT2D eigenvalue weighted by Crippen LogP contribution is 2.42. The number of aromatic nitrogens is 1. The van der Waals surface area contributed by atoms with Crippen LogP contribution in [0.15, 0.2) is 29.2 Å². The summed E-state index contributed by atoms with van der Waals surface area (Å²) in [6.45, 7) is 6.38. The second-order valence-electron chi connectivity index (χ2n) is 11.9. The molecule has 9 nitrogen and oxygen atoms in total. The normalized spacial score (nSPS) is 19.5. The molecule has 44 heavy (non-hydrogen) atoms. The molecule has 2 aliphatic rings. The van der Waals surface area contributed by atoms with E-state index in [1.54, 1.807) is 18.3 Å². The highest BCUT2D eigenvalue weighted by molar-refractivity contribution is 6.35. The van der Waals surface area contributed by atoms with Gasteiger partial charge in [0.25, 0.3) is 5.91 Å². The number of hydrogen-bond donors (Lipinski definition) is 2. The summed E-state index contributed by atoms with van der Waals surface area (Å²) < 4.78 is 23.9. The van der Waals surface area contributed by atoms with Crippen LogP contribution in [0.5, 0.6) is 5.75 Å². The van der Waals surface area contributed by atoms with Crippen molar-refractivity contribution >= 4 is 51.7 Å². The van der Waals surface area contributed by atoms with E-state index in [9.17, 15) is 19.5 Å². The summed E-state index contributed by atoms with van der Waals surface area (Å²) in [6, 6.07) is 4.21. The molecule has 2 atom stereocenters. The summed E-state index contributed by atoms with van der Waals surface area (Å²) in [7, 11) is 1.45. The molecule has 1 saturated carbocycles. The Kier molecular flexibility index (Phi) is 9.44. The van der Waals surface area contributed by atoms with Gasteiger partial charge in [-0.3, -0.25) is 19.3 Å². The number of carbonyl (C=O) groups excluding carboxylic acids is 1. The van der Waals surface area contributed by atoms with E-state index < -0.39 is 23.1 Å². The second kappa shape index (κ2) is 12.9. The molecule has 0 radical (unpaired) electrons. The minimum atomic E-state index is -0.918. The second-order valence-corrected chi connectivity index (χ2v) is 12.7. The lowest BCUT2D eigenvalue weighted by molar-refractivity contribution is -0.139. The number of carboxylic acids is 1. The van der Waals surface area contributed by atoms with E-state index in [-0.39, 0.29) is 53.6 Å². The van der Waals surface area contributed by atoms with E-state index in [4.69, 9.17) is 27.9 Å². The number of anilines is 1.